The van der Waals surface area contributed by atoms with Crippen LogP contribution in [0.3, 0.4) is 0 Å². The Morgan fingerprint density at radius 3 is 2.59 bits per heavy atom. The lowest BCUT2D eigenvalue weighted by Gasteiger charge is -2.16. The Labute approximate surface area is 129 Å². The predicted octanol–water partition coefficient (Wildman–Crippen LogP) is 0.518. The van der Waals surface area contributed by atoms with Gasteiger partial charge in [0.2, 0.25) is 11.8 Å². The van der Waals surface area contributed by atoms with E-state index in [0.29, 0.717) is 13.1 Å². The maximum Gasteiger partial charge on any atom is 0.239 e. The molecular weight excluding hydrogens is 289 g/mol. The Balaban J connectivity index is 2.42. The van der Waals surface area contributed by atoms with Gasteiger partial charge in [-0.25, -0.2) is 4.39 Å². The van der Waals surface area contributed by atoms with Gasteiger partial charge in [0.25, 0.3) is 0 Å². The van der Waals surface area contributed by atoms with Crippen molar-refractivity contribution in [2.24, 2.45) is 0 Å². The van der Waals surface area contributed by atoms with Crippen LogP contribution < -0.4 is 15.4 Å². The fourth-order valence-electron chi connectivity index (χ4n) is 1.92. The molecule has 0 aliphatic carbocycles. The Kier molecular flexibility index (Phi) is 7.31. The van der Waals surface area contributed by atoms with Gasteiger partial charge in [-0.15, -0.1) is 0 Å². The summed E-state index contributed by atoms with van der Waals surface area (Å²) < 4.78 is 18.4. The molecule has 1 rings (SSSR count). The summed E-state index contributed by atoms with van der Waals surface area (Å²) in [4.78, 5) is 24.7. The van der Waals surface area contributed by atoms with Crippen LogP contribution in [0.25, 0.3) is 0 Å². The highest BCUT2D eigenvalue weighted by molar-refractivity contribution is 5.85. The Hall–Kier alpha value is -2.15. The SMILES string of the molecule is CCNC(=O)CNC(=O)CN(C)Cc1ccc(OC)c(F)c1. The van der Waals surface area contributed by atoms with Gasteiger partial charge in [-0.2, -0.15) is 0 Å². The Morgan fingerprint density at radius 1 is 1.27 bits per heavy atom. The van der Waals surface area contributed by atoms with E-state index >= 15 is 0 Å². The second-order valence-electron chi connectivity index (χ2n) is 4.87. The zero-order valence-corrected chi connectivity index (χ0v) is 13.1. The first-order chi connectivity index (χ1) is 10.5. The van der Waals surface area contributed by atoms with Crippen molar-refractivity contribution in [3.63, 3.8) is 0 Å². The Morgan fingerprint density at radius 2 is 2.00 bits per heavy atom. The summed E-state index contributed by atoms with van der Waals surface area (Å²) in [6.45, 7) is 2.82. The number of likely N-dealkylation sites (N-methyl/N-ethyl adjacent to an activating group) is 2. The molecule has 0 unspecified atom stereocenters. The van der Waals surface area contributed by atoms with Gasteiger partial charge in [-0.05, 0) is 31.7 Å². The molecule has 122 valence electrons. The minimum absolute atomic E-state index is 0.0440. The molecule has 0 fully saturated rings. The van der Waals surface area contributed by atoms with E-state index in [-0.39, 0.29) is 30.7 Å². The number of hydrogen-bond donors (Lipinski definition) is 2. The van der Waals surface area contributed by atoms with Crippen molar-refractivity contribution >= 4 is 11.8 Å². The molecule has 0 aliphatic heterocycles. The normalized spacial score (nSPS) is 10.4. The third-order valence-electron chi connectivity index (χ3n) is 2.90. The molecule has 0 aliphatic rings. The van der Waals surface area contributed by atoms with Gasteiger partial charge in [0.1, 0.15) is 0 Å². The van der Waals surface area contributed by atoms with Crippen LogP contribution in [-0.4, -0.2) is 50.5 Å². The van der Waals surface area contributed by atoms with Gasteiger partial charge < -0.3 is 15.4 Å². The summed E-state index contributed by atoms with van der Waals surface area (Å²) in [6.07, 6.45) is 0. The highest BCUT2D eigenvalue weighted by Gasteiger charge is 2.10. The predicted molar refractivity (Wildman–Crippen MR) is 81.0 cm³/mol. The van der Waals surface area contributed by atoms with Crippen LogP contribution >= 0.6 is 0 Å². The molecular formula is C15H22FN3O3. The average Bonchev–Trinajstić information content (AvgIpc) is 2.45. The van der Waals surface area contributed by atoms with E-state index in [1.54, 1.807) is 24.1 Å². The zero-order chi connectivity index (χ0) is 16.5. The maximum absolute atomic E-state index is 13.6. The molecule has 0 heterocycles. The molecule has 7 heteroatoms. The second-order valence-corrected chi connectivity index (χ2v) is 4.87. The van der Waals surface area contributed by atoms with Crippen molar-refractivity contribution in [1.82, 2.24) is 15.5 Å². The van der Waals surface area contributed by atoms with Crippen molar-refractivity contribution in [3.05, 3.63) is 29.6 Å². The largest absolute Gasteiger partial charge is 0.494 e. The minimum Gasteiger partial charge on any atom is -0.494 e. The van der Waals surface area contributed by atoms with Crippen molar-refractivity contribution < 1.29 is 18.7 Å². The number of benzene rings is 1. The average molecular weight is 311 g/mol. The van der Waals surface area contributed by atoms with E-state index in [4.69, 9.17) is 4.74 Å². The molecule has 0 saturated carbocycles. The van der Waals surface area contributed by atoms with E-state index in [9.17, 15) is 14.0 Å². The summed E-state index contributed by atoms with van der Waals surface area (Å²) in [5.74, 6) is -0.737. The molecule has 0 bridgehead atoms. The van der Waals surface area contributed by atoms with Gasteiger partial charge in [-0.1, -0.05) is 6.07 Å². The lowest BCUT2D eigenvalue weighted by atomic mass is 10.2. The molecule has 0 atom stereocenters. The molecule has 2 amide bonds. The van der Waals surface area contributed by atoms with E-state index in [2.05, 4.69) is 10.6 Å². The second kappa shape index (κ2) is 8.99. The van der Waals surface area contributed by atoms with E-state index in [0.717, 1.165) is 5.56 Å². The number of carbonyl (C=O) groups excluding carboxylic acids is 2. The molecule has 0 aromatic heterocycles. The van der Waals surface area contributed by atoms with Crippen molar-refractivity contribution in [2.75, 3.05) is 33.8 Å². The number of nitrogens with zero attached hydrogens (tertiary/aromatic N) is 1. The molecule has 2 N–H and O–H groups in total. The third-order valence-corrected chi connectivity index (χ3v) is 2.90. The number of nitrogens with one attached hydrogen (secondary N) is 2. The van der Waals surface area contributed by atoms with E-state index < -0.39 is 5.82 Å². The number of ether oxygens (including phenoxy) is 1. The lowest BCUT2D eigenvalue weighted by Crippen LogP contribution is -2.41. The van der Waals surface area contributed by atoms with Gasteiger partial charge in [-0.3, -0.25) is 14.5 Å². The topological polar surface area (TPSA) is 70.7 Å². The Bertz CT molecular complexity index is 523. The number of carbonyl (C=O) groups is 2. The monoisotopic (exact) mass is 311 g/mol. The van der Waals surface area contributed by atoms with Gasteiger partial charge >= 0.3 is 0 Å². The first kappa shape index (κ1) is 17.9. The zero-order valence-electron chi connectivity index (χ0n) is 13.1. The lowest BCUT2D eigenvalue weighted by molar-refractivity contribution is -0.126. The van der Waals surface area contributed by atoms with Crippen LogP contribution in [0.15, 0.2) is 18.2 Å². The van der Waals surface area contributed by atoms with Gasteiger partial charge in [0.05, 0.1) is 20.2 Å². The first-order valence-electron chi connectivity index (χ1n) is 7.00. The van der Waals surface area contributed by atoms with E-state index in [1.807, 2.05) is 6.92 Å². The molecule has 1 aromatic carbocycles. The summed E-state index contributed by atoms with van der Waals surface area (Å²) in [5.41, 5.74) is 0.734. The summed E-state index contributed by atoms with van der Waals surface area (Å²) in [7, 11) is 3.15. The number of rotatable bonds is 8. The van der Waals surface area contributed by atoms with Gasteiger partial charge in [0.15, 0.2) is 11.6 Å². The highest BCUT2D eigenvalue weighted by atomic mass is 19.1. The van der Waals surface area contributed by atoms with Crippen LogP contribution in [0.2, 0.25) is 0 Å². The fraction of sp³-hybridized carbons (Fsp3) is 0.467. The summed E-state index contributed by atoms with van der Waals surface area (Å²) in [5, 5.41) is 5.12. The van der Waals surface area contributed by atoms with Crippen LogP contribution in [0.4, 0.5) is 4.39 Å². The summed E-state index contributed by atoms with van der Waals surface area (Å²) >= 11 is 0. The van der Waals surface area contributed by atoms with Crippen LogP contribution in [0, 0.1) is 5.82 Å². The third kappa shape index (κ3) is 6.09. The maximum atomic E-state index is 13.6. The molecule has 0 spiro atoms. The number of hydrogen-bond acceptors (Lipinski definition) is 4. The molecule has 22 heavy (non-hydrogen) atoms. The van der Waals surface area contributed by atoms with Crippen LogP contribution in [0.5, 0.6) is 5.75 Å². The molecule has 0 saturated heterocycles. The fourth-order valence-corrected chi connectivity index (χ4v) is 1.92. The molecule has 6 nitrogen and oxygen atoms in total. The first-order valence-corrected chi connectivity index (χ1v) is 7.00. The standard InChI is InChI=1S/C15H22FN3O3/c1-4-17-14(20)8-18-15(21)10-19(2)9-11-5-6-13(22-3)12(16)7-11/h5-7H,4,8-10H2,1-3H3,(H,17,20)(H,18,21). The van der Waals surface area contributed by atoms with E-state index in [1.165, 1.54) is 13.2 Å². The minimum atomic E-state index is -0.436. The quantitative estimate of drug-likeness (QED) is 0.734. The van der Waals surface area contributed by atoms with Gasteiger partial charge in [0, 0.05) is 13.1 Å². The molecule has 0 radical (unpaired) electrons. The van der Waals surface area contributed by atoms with Crippen molar-refractivity contribution in [1.29, 1.82) is 0 Å². The highest BCUT2D eigenvalue weighted by Crippen LogP contribution is 2.18. The number of methoxy groups -OCH3 is 1. The number of amides is 2. The van der Waals surface area contributed by atoms with Crippen LogP contribution in [-0.2, 0) is 16.1 Å². The molecule has 1 aromatic rings. The van der Waals surface area contributed by atoms with Crippen molar-refractivity contribution in [2.45, 2.75) is 13.5 Å². The van der Waals surface area contributed by atoms with Crippen LogP contribution in [0.1, 0.15) is 12.5 Å². The summed E-state index contributed by atoms with van der Waals surface area (Å²) in [6, 6.07) is 4.67. The smallest absolute Gasteiger partial charge is 0.239 e. The van der Waals surface area contributed by atoms with Crippen molar-refractivity contribution in [3.8, 4) is 5.75 Å². The number of halogens is 1.